The van der Waals surface area contributed by atoms with E-state index in [4.69, 9.17) is 4.42 Å². The highest BCUT2D eigenvalue weighted by molar-refractivity contribution is 6.17. The van der Waals surface area contributed by atoms with Gasteiger partial charge in [-0.05, 0) is 101 Å². The monoisotopic (exact) mass is 700 g/mol. The minimum absolute atomic E-state index is 0.626. The Hall–Kier alpha value is -7.86. The second-order valence-electron chi connectivity index (χ2n) is 14.0. The van der Waals surface area contributed by atoms with Gasteiger partial charge in [-0.25, -0.2) is 0 Å². The summed E-state index contributed by atoms with van der Waals surface area (Å²) in [5.41, 5.74) is 13.7. The molecule has 0 amide bonds. The first-order valence-electron chi connectivity index (χ1n) is 18.2. The molecule has 0 N–H and O–H groups in total. The van der Waals surface area contributed by atoms with Crippen molar-refractivity contribution in [2.45, 2.75) is 0 Å². The van der Waals surface area contributed by atoms with Crippen molar-refractivity contribution in [3.8, 4) is 45.8 Å². The Morgan fingerprint density at radius 2 is 0.891 bits per heavy atom. The van der Waals surface area contributed by atoms with Gasteiger partial charge in [0.05, 0.1) is 45.3 Å². The fourth-order valence-corrected chi connectivity index (χ4v) is 8.52. The molecule has 0 aliphatic carbocycles. The minimum atomic E-state index is 0.626. The van der Waals surface area contributed by atoms with Crippen molar-refractivity contribution in [2.75, 3.05) is 0 Å². The number of nitriles is 2. The van der Waals surface area contributed by atoms with Crippen molar-refractivity contribution in [2.24, 2.45) is 0 Å². The average molecular weight is 701 g/mol. The van der Waals surface area contributed by atoms with Crippen LogP contribution in [-0.4, -0.2) is 9.13 Å². The van der Waals surface area contributed by atoms with Crippen LogP contribution in [0.5, 0.6) is 0 Å². The number of nitrogens with zero attached hydrogens (tertiary/aromatic N) is 4. The van der Waals surface area contributed by atoms with Gasteiger partial charge in [-0.3, -0.25) is 0 Å². The molecule has 3 aromatic heterocycles. The summed E-state index contributed by atoms with van der Waals surface area (Å²) in [7, 11) is 0. The van der Waals surface area contributed by atoms with Crippen LogP contribution in [0.1, 0.15) is 11.1 Å². The van der Waals surface area contributed by atoms with E-state index in [1.165, 1.54) is 0 Å². The predicted molar refractivity (Wildman–Crippen MR) is 223 cm³/mol. The van der Waals surface area contributed by atoms with Crippen LogP contribution in [0.3, 0.4) is 0 Å². The summed E-state index contributed by atoms with van der Waals surface area (Å²) >= 11 is 0. The minimum Gasteiger partial charge on any atom is -0.456 e. The van der Waals surface area contributed by atoms with Crippen molar-refractivity contribution >= 4 is 65.6 Å². The molecule has 8 aromatic carbocycles. The van der Waals surface area contributed by atoms with Gasteiger partial charge in [-0.1, -0.05) is 84.9 Å². The average Bonchev–Trinajstić information content (AvgIpc) is 3.89. The molecule has 5 heteroatoms. The summed E-state index contributed by atoms with van der Waals surface area (Å²) < 4.78 is 10.9. The quantitative estimate of drug-likeness (QED) is 0.183. The van der Waals surface area contributed by atoms with Gasteiger partial charge in [0.15, 0.2) is 0 Å². The van der Waals surface area contributed by atoms with Gasteiger partial charge in [0.25, 0.3) is 0 Å². The number of aromatic nitrogens is 2. The van der Waals surface area contributed by atoms with Crippen LogP contribution >= 0.6 is 0 Å². The summed E-state index contributed by atoms with van der Waals surface area (Å²) in [6.07, 6.45) is 0. The molecule has 0 saturated heterocycles. The Kier molecular flexibility index (Phi) is 6.61. The molecule has 3 heterocycles. The van der Waals surface area contributed by atoms with Crippen molar-refractivity contribution < 1.29 is 4.42 Å². The maximum absolute atomic E-state index is 9.86. The summed E-state index contributed by atoms with van der Waals surface area (Å²) in [6, 6.07) is 63.3. The zero-order valence-electron chi connectivity index (χ0n) is 29.4. The van der Waals surface area contributed by atoms with Crippen molar-refractivity contribution in [1.82, 2.24) is 9.13 Å². The van der Waals surface area contributed by atoms with E-state index in [0.29, 0.717) is 11.1 Å². The molecule has 0 aliphatic rings. The van der Waals surface area contributed by atoms with E-state index in [9.17, 15) is 10.5 Å². The zero-order valence-corrected chi connectivity index (χ0v) is 29.4. The molecule has 254 valence electrons. The Morgan fingerprint density at radius 3 is 1.55 bits per heavy atom. The van der Waals surface area contributed by atoms with Crippen LogP contribution in [0.2, 0.25) is 0 Å². The molecule has 11 rings (SSSR count). The highest BCUT2D eigenvalue weighted by atomic mass is 16.3. The summed E-state index contributed by atoms with van der Waals surface area (Å²) in [5.74, 6) is 0. The number of benzene rings is 8. The van der Waals surface area contributed by atoms with Crippen LogP contribution in [0.15, 0.2) is 174 Å². The molecule has 0 saturated carbocycles. The maximum atomic E-state index is 9.86. The van der Waals surface area contributed by atoms with Crippen molar-refractivity contribution in [1.29, 1.82) is 10.5 Å². The standard InChI is InChI=1S/C50H28N4O/c51-29-31-19-21-46-41(23-31)39-15-3-5-17-45(39)53(46)35-11-7-9-33(25-35)37-13-1-2-14-38(37)34-10-8-12-36(26-34)54-47-22-20-32(30-52)24-42(47)43-27-44-40-16-4-6-18-49(40)55-50(44)28-48(43)54/h1-28H. The highest BCUT2D eigenvalue weighted by Gasteiger charge is 2.19. The lowest BCUT2D eigenvalue weighted by molar-refractivity contribution is 0.669. The van der Waals surface area contributed by atoms with E-state index in [-0.39, 0.29) is 0 Å². The molecule has 0 radical (unpaired) electrons. The number of para-hydroxylation sites is 2. The van der Waals surface area contributed by atoms with Gasteiger partial charge in [0.2, 0.25) is 0 Å². The lowest BCUT2D eigenvalue weighted by atomic mass is 9.94. The van der Waals surface area contributed by atoms with E-state index < -0.39 is 0 Å². The smallest absolute Gasteiger partial charge is 0.137 e. The van der Waals surface area contributed by atoms with Crippen LogP contribution < -0.4 is 0 Å². The van der Waals surface area contributed by atoms with Gasteiger partial charge in [-0.2, -0.15) is 10.5 Å². The first kappa shape index (κ1) is 30.7. The molecular weight excluding hydrogens is 673 g/mol. The topological polar surface area (TPSA) is 70.6 Å². The van der Waals surface area contributed by atoms with Crippen LogP contribution in [0, 0.1) is 22.7 Å². The number of furan rings is 1. The predicted octanol–water partition coefficient (Wildman–Crippen LogP) is 12.9. The van der Waals surface area contributed by atoms with Gasteiger partial charge in [0.1, 0.15) is 11.2 Å². The number of hydrogen-bond acceptors (Lipinski definition) is 3. The van der Waals surface area contributed by atoms with Gasteiger partial charge >= 0.3 is 0 Å². The largest absolute Gasteiger partial charge is 0.456 e. The maximum Gasteiger partial charge on any atom is 0.137 e. The Bertz CT molecular complexity index is 3470. The molecular formula is C50H28N4O. The summed E-state index contributed by atoms with van der Waals surface area (Å²) in [6.45, 7) is 0. The molecule has 0 fully saturated rings. The van der Waals surface area contributed by atoms with Crippen LogP contribution in [-0.2, 0) is 0 Å². The number of rotatable bonds is 4. The molecule has 0 unspecified atom stereocenters. The molecule has 0 atom stereocenters. The van der Waals surface area contributed by atoms with E-state index in [1.54, 1.807) is 0 Å². The third-order valence-corrected chi connectivity index (χ3v) is 11.0. The Balaban J connectivity index is 1.08. The van der Waals surface area contributed by atoms with Crippen molar-refractivity contribution in [3.63, 3.8) is 0 Å². The van der Waals surface area contributed by atoms with E-state index in [1.807, 2.05) is 48.5 Å². The van der Waals surface area contributed by atoms with Gasteiger partial charge in [0, 0.05) is 49.8 Å². The molecule has 55 heavy (non-hydrogen) atoms. The third-order valence-electron chi connectivity index (χ3n) is 11.0. The third kappa shape index (κ3) is 4.64. The van der Waals surface area contributed by atoms with Crippen LogP contribution in [0.25, 0.3) is 99.2 Å². The summed E-state index contributed by atoms with van der Waals surface area (Å²) in [5, 5.41) is 25.9. The lowest BCUT2D eigenvalue weighted by Gasteiger charge is -2.15. The Labute approximate surface area is 315 Å². The SMILES string of the molecule is N#Cc1ccc2c(c1)c1ccccc1n2-c1cccc(-c2ccccc2-c2cccc(-n3c4ccc(C#N)cc4c4cc5c(cc43)oc3ccccc35)c2)c1. The van der Waals surface area contributed by atoms with E-state index >= 15 is 0 Å². The fraction of sp³-hybridized carbons (Fsp3) is 0. The molecule has 0 bridgehead atoms. The molecule has 5 nitrogen and oxygen atoms in total. The fourth-order valence-electron chi connectivity index (χ4n) is 8.52. The zero-order chi connectivity index (χ0) is 36.6. The van der Waals surface area contributed by atoms with E-state index in [2.05, 4.69) is 143 Å². The first-order chi connectivity index (χ1) is 27.2. The van der Waals surface area contributed by atoms with Crippen molar-refractivity contribution in [3.05, 3.63) is 181 Å². The second kappa shape index (κ2) is 11.8. The normalized spacial score (nSPS) is 11.6. The summed E-state index contributed by atoms with van der Waals surface area (Å²) in [4.78, 5) is 0. The Morgan fingerprint density at radius 1 is 0.364 bits per heavy atom. The highest BCUT2D eigenvalue weighted by Crippen LogP contribution is 2.41. The first-order valence-corrected chi connectivity index (χ1v) is 18.2. The number of hydrogen-bond donors (Lipinski definition) is 0. The lowest BCUT2D eigenvalue weighted by Crippen LogP contribution is -1.96. The molecule has 0 spiro atoms. The van der Waals surface area contributed by atoms with Gasteiger partial charge in [-0.15, -0.1) is 0 Å². The van der Waals surface area contributed by atoms with Crippen LogP contribution in [0.4, 0.5) is 0 Å². The van der Waals surface area contributed by atoms with Gasteiger partial charge < -0.3 is 13.6 Å². The van der Waals surface area contributed by atoms with E-state index in [0.717, 1.165) is 99.2 Å². The molecule has 11 aromatic rings. The second-order valence-corrected chi connectivity index (χ2v) is 14.0. The molecule has 0 aliphatic heterocycles. The number of fused-ring (bicyclic) bond motifs is 9.